The van der Waals surface area contributed by atoms with Crippen LogP contribution < -0.4 is 14.4 Å². The zero-order valence-corrected chi connectivity index (χ0v) is 19.5. The summed E-state index contributed by atoms with van der Waals surface area (Å²) in [5, 5.41) is 18.5. The zero-order valence-electron chi connectivity index (χ0n) is 18.7. The third kappa shape index (κ3) is 3.65. The molecule has 10 nitrogen and oxygen atoms in total. The van der Waals surface area contributed by atoms with Crippen LogP contribution in [-0.4, -0.2) is 76.9 Å². The summed E-state index contributed by atoms with van der Waals surface area (Å²) in [6.45, 7) is 2.99. The molecule has 1 saturated heterocycles. The van der Waals surface area contributed by atoms with E-state index in [0.29, 0.717) is 46.0 Å². The number of nitrogens with one attached hydrogen (secondary N) is 1. The van der Waals surface area contributed by atoms with E-state index in [1.54, 1.807) is 24.1 Å². The summed E-state index contributed by atoms with van der Waals surface area (Å²) < 4.78 is 32.5. The molecule has 34 heavy (non-hydrogen) atoms. The highest BCUT2D eigenvalue weighted by molar-refractivity contribution is 6.33. The van der Waals surface area contributed by atoms with E-state index < -0.39 is 11.9 Å². The highest BCUT2D eigenvalue weighted by atomic mass is 35.5. The predicted octanol–water partition coefficient (Wildman–Crippen LogP) is 2.88. The van der Waals surface area contributed by atoms with E-state index in [1.807, 2.05) is 0 Å². The maximum Gasteiger partial charge on any atom is 0.318 e. The molecule has 4 heterocycles. The smallest absolute Gasteiger partial charge is 0.318 e. The van der Waals surface area contributed by atoms with E-state index in [-0.39, 0.29) is 41.6 Å². The maximum atomic E-state index is 16.2. The van der Waals surface area contributed by atoms with Crippen molar-refractivity contribution in [3.63, 3.8) is 0 Å². The van der Waals surface area contributed by atoms with Gasteiger partial charge < -0.3 is 24.2 Å². The van der Waals surface area contributed by atoms with E-state index in [4.69, 9.17) is 25.8 Å². The van der Waals surface area contributed by atoms with Crippen LogP contribution >= 0.6 is 11.6 Å². The first-order valence-electron chi connectivity index (χ1n) is 10.6. The van der Waals surface area contributed by atoms with Crippen LogP contribution in [0.2, 0.25) is 5.02 Å². The van der Waals surface area contributed by atoms with Crippen molar-refractivity contribution < 1.29 is 23.7 Å². The standard InChI is InChI=1S/C22H22ClFN6O4/c1-10-13(23)6-14-12(7-25-29-14)15(10)18-17(24)19-16(21(26-18)32-2)20(28-22(27-19)33-3)30-4-5-34-9-11(31)8-30/h6-7,11,31H,4-5,8-9H2,1-3H3,(H,25,29). The Morgan fingerprint density at radius 2 is 2.09 bits per heavy atom. The van der Waals surface area contributed by atoms with Crippen LogP contribution in [0.4, 0.5) is 10.2 Å². The molecule has 12 heteroatoms. The maximum absolute atomic E-state index is 16.2. The molecule has 2 N–H and O–H groups in total. The molecular formula is C22H22ClFN6O4. The number of fused-ring (bicyclic) bond motifs is 2. The summed E-state index contributed by atoms with van der Waals surface area (Å²) in [5.74, 6) is -0.227. The average Bonchev–Trinajstić information content (AvgIpc) is 3.18. The Labute approximate surface area is 198 Å². The molecule has 1 unspecified atom stereocenters. The molecule has 1 aromatic carbocycles. The number of halogens is 2. The van der Waals surface area contributed by atoms with Gasteiger partial charge in [-0.3, -0.25) is 5.10 Å². The number of nitrogens with zero attached hydrogens (tertiary/aromatic N) is 5. The van der Waals surface area contributed by atoms with Gasteiger partial charge in [-0.1, -0.05) is 11.6 Å². The summed E-state index contributed by atoms with van der Waals surface area (Å²) in [6, 6.07) is 1.70. The zero-order chi connectivity index (χ0) is 24.0. The molecule has 0 amide bonds. The molecule has 1 atom stereocenters. The van der Waals surface area contributed by atoms with Crippen molar-refractivity contribution >= 4 is 39.2 Å². The molecule has 1 aliphatic heterocycles. The van der Waals surface area contributed by atoms with Crippen molar-refractivity contribution in [3.8, 4) is 23.1 Å². The van der Waals surface area contributed by atoms with Gasteiger partial charge in [0.1, 0.15) is 22.4 Å². The highest BCUT2D eigenvalue weighted by Gasteiger charge is 2.28. The molecular weight excluding hydrogens is 467 g/mol. The van der Waals surface area contributed by atoms with E-state index >= 15 is 4.39 Å². The van der Waals surface area contributed by atoms with Gasteiger partial charge in [0.2, 0.25) is 5.88 Å². The van der Waals surface area contributed by atoms with Gasteiger partial charge in [-0.25, -0.2) is 9.37 Å². The molecule has 0 radical (unpaired) electrons. The number of ether oxygens (including phenoxy) is 3. The molecule has 3 aromatic heterocycles. The Kier molecular flexibility index (Phi) is 5.84. The fourth-order valence-corrected chi connectivity index (χ4v) is 4.39. The van der Waals surface area contributed by atoms with E-state index in [1.165, 1.54) is 14.2 Å². The highest BCUT2D eigenvalue weighted by Crippen LogP contribution is 2.41. The second-order valence-electron chi connectivity index (χ2n) is 7.91. The topological polar surface area (TPSA) is 119 Å². The van der Waals surface area contributed by atoms with Crippen LogP contribution in [-0.2, 0) is 4.74 Å². The molecule has 0 bridgehead atoms. The minimum absolute atomic E-state index is 0.0155. The number of aliphatic hydroxyl groups is 1. The Morgan fingerprint density at radius 1 is 1.26 bits per heavy atom. The third-order valence-electron chi connectivity index (χ3n) is 5.81. The van der Waals surface area contributed by atoms with Crippen molar-refractivity contribution in [2.24, 2.45) is 0 Å². The van der Waals surface area contributed by atoms with E-state index in [0.717, 1.165) is 0 Å². The Hall–Kier alpha value is -3.28. The number of aliphatic hydroxyl groups excluding tert-OH is 1. The largest absolute Gasteiger partial charge is 0.480 e. The number of hydrogen-bond acceptors (Lipinski definition) is 9. The lowest BCUT2D eigenvalue weighted by molar-refractivity contribution is 0.0597. The number of anilines is 1. The molecule has 0 saturated carbocycles. The number of β-amino-alcohol motifs (C(OH)–C–C–N with tert-alkyl or cyclic N) is 1. The van der Waals surface area contributed by atoms with Crippen molar-refractivity contribution in [3.05, 3.63) is 28.7 Å². The minimum Gasteiger partial charge on any atom is -0.480 e. The van der Waals surface area contributed by atoms with Crippen LogP contribution in [0, 0.1) is 12.7 Å². The number of rotatable bonds is 4. The third-order valence-corrected chi connectivity index (χ3v) is 6.21. The number of aromatic nitrogens is 5. The van der Waals surface area contributed by atoms with Crippen molar-refractivity contribution in [1.29, 1.82) is 0 Å². The molecule has 4 aromatic rings. The number of methoxy groups -OCH3 is 2. The Balaban J connectivity index is 1.83. The summed E-state index contributed by atoms with van der Waals surface area (Å²) >= 11 is 6.43. The summed E-state index contributed by atoms with van der Waals surface area (Å²) in [5.41, 5.74) is 1.75. The average molecular weight is 489 g/mol. The summed E-state index contributed by atoms with van der Waals surface area (Å²) in [4.78, 5) is 15.1. The van der Waals surface area contributed by atoms with Crippen molar-refractivity contribution in [2.45, 2.75) is 13.0 Å². The monoisotopic (exact) mass is 488 g/mol. The number of H-pyrrole nitrogens is 1. The van der Waals surface area contributed by atoms with Crippen LogP contribution in [0.1, 0.15) is 5.56 Å². The lowest BCUT2D eigenvalue weighted by Gasteiger charge is -2.25. The number of hydrogen-bond donors (Lipinski definition) is 2. The van der Waals surface area contributed by atoms with Crippen LogP contribution in [0.5, 0.6) is 11.9 Å². The molecule has 1 fully saturated rings. The molecule has 0 spiro atoms. The van der Waals surface area contributed by atoms with Gasteiger partial charge in [0.05, 0.1) is 45.3 Å². The number of aromatic amines is 1. The van der Waals surface area contributed by atoms with Gasteiger partial charge in [-0.2, -0.15) is 15.1 Å². The van der Waals surface area contributed by atoms with Gasteiger partial charge in [0, 0.05) is 29.1 Å². The normalized spacial score (nSPS) is 16.8. The van der Waals surface area contributed by atoms with Gasteiger partial charge in [0.15, 0.2) is 5.82 Å². The summed E-state index contributed by atoms with van der Waals surface area (Å²) in [6.07, 6.45) is 0.848. The summed E-state index contributed by atoms with van der Waals surface area (Å²) in [7, 11) is 2.84. The Morgan fingerprint density at radius 3 is 2.85 bits per heavy atom. The SMILES string of the molecule is COc1nc(N2CCOCC(O)C2)c2c(OC)nc(-c3c(C)c(Cl)cc4[nH]ncc34)c(F)c2n1. The molecule has 178 valence electrons. The fraction of sp³-hybridized carbons (Fsp3) is 0.364. The van der Waals surface area contributed by atoms with Crippen LogP contribution in [0.3, 0.4) is 0 Å². The lowest BCUT2D eigenvalue weighted by atomic mass is 9.99. The number of pyridine rings is 1. The van der Waals surface area contributed by atoms with Crippen LogP contribution in [0.15, 0.2) is 12.3 Å². The second kappa shape index (κ2) is 8.82. The number of benzene rings is 1. The van der Waals surface area contributed by atoms with Crippen LogP contribution in [0.25, 0.3) is 33.1 Å². The van der Waals surface area contributed by atoms with Crippen molar-refractivity contribution in [2.75, 3.05) is 45.4 Å². The fourth-order valence-electron chi connectivity index (χ4n) is 4.19. The van der Waals surface area contributed by atoms with E-state index in [2.05, 4.69) is 25.1 Å². The van der Waals surface area contributed by atoms with E-state index in [9.17, 15) is 5.11 Å². The lowest BCUT2D eigenvalue weighted by Crippen LogP contribution is -2.33. The minimum atomic E-state index is -0.745. The molecule has 1 aliphatic rings. The van der Waals surface area contributed by atoms with Crippen molar-refractivity contribution in [1.82, 2.24) is 25.1 Å². The first-order chi connectivity index (χ1) is 16.4. The molecule has 0 aliphatic carbocycles. The second-order valence-corrected chi connectivity index (χ2v) is 8.31. The predicted molar refractivity (Wildman–Crippen MR) is 124 cm³/mol. The quantitative estimate of drug-likeness (QED) is 0.447. The first-order valence-corrected chi connectivity index (χ1v) is 10.9. The van der Waals surface area contributed by atoms with Gasteiger partial charge in [-0.15, -0.1) is 0 Å². The van der Waals surface area contributed by atoms with Gasteiger partial charge >= 0.3 is 6.01 Å². The molecule has 5 rings (SSSR count). The Bertz CT molecular complexity index is 1400. The first kappa shape index (κ1) is 22.5. The van der Waals surface area contributed by atoms with Gasteiger partial charge in [0.25, 0.3) is 0 Å². The van der Waals surface area contributed by atoms with Gasteiger partial charge in [-0.05, 0) is 18.6 Å².